The van der Waals surface area contributed by atoms with Crippen molar-refractivity contribution in [3.05, 3.63) is 58.4 Å². The molecule has 0 saturated heterocycles. The number of fused-ring (bicyclic) bond motifs is 1. The fraction of sp³-hybridized carbons (Fsp3) is 0.250. The van der Waals surface area contributed by atoms with E-state index in [-0.39, 0.29) is 18.2 Å². The monoisotopic (exact) mass is 343 g/mol. The van der Waals surface area contributed by atoms with Gasteiger partial charge >= 0.3 is 0 Å². The summed E-state index contributed by atoms with van der Waals surface area (Å²) in [5.41, 5.74) is 1.90. The number of hydrogen-bond acceptors (Lipinski definition) is 3. The molecule has 0 saturated carbocycles. The normalized spacial score (nSPS) is 12.6. The number of ether oxygens (including phenoxy) is 2. The fourth-order valence-corrected chi connectivity index (χ4v) is 2.55. The third-order valence-corrected chi connectivity index (χ3v) is 3.48. The summed E-state index contributed by atoms with van der Waals surface area (Å²) in [4.78, 5) is 0. The number of hydrogen-bond donors (Lipinski definition) is 1. The van der Waals surface area contributed by atoms with Crippen LogP contribution in [-0.4, -0.2) is 13.2 Å². The highest BCUT2D eigenvalue weighted by atomic mass is 35.5. The molecule has 1 N–H and O–H groups in total. The van der Waals surface area contributed by atoms with E-state index in [1.54, 1.807) is 6.07 Å². The van der Waals surface area contributed by atoms with Gasteiger partial charge < -0.3 is 14.8 Å². The van der Waals surface area contributed by atoms with Crippen LogP contribution in [-0.2, 0) is 13.1 Å². The summed E-state index contributed by atoms with van der Waals surface area (Å²) in [5, 5.41) is 3.81. The Morgan fingerprint density at radius 3 is 2.64 bits per heavy atom. The van der Waals surface area contributed by atoms with Crippen molar-refractivity contribution in [2.45, 2.75) is 13.1 Å². The first kappa shape index (κ1) is 16.9. The maximum atomic E-state index is 13.1. The van der Waals surface area contributed by atoms with Gasteiger partial charge in [0.1, 0.15) is 19.0 Å². The zero-order valence-corrected chi connectivity index (χ0v) is 13.3. The largest absolute Gasteiger partial charge is 0.486 e. The number of rotatable bonds is 4. The Kier molecular flexibility index (Phi) is 5.89. The SMILES string of the molecule is Cl.Fc1cccc(CNCc2cc(Cl)c3c(c2)OCCO3)c1. The summed E-state index contributed by atoms with van der Waals surface area (Å²) in [6, 6.07) is 10.3. The molecule has 22 heavy (non-hydrogen) atoms. The lowest BCUT2D eigenvalue weighted by Gasteiger charge is -2.20. The Hall–Kier alpha value is -1.49. The quantitative estimate of drug-likeness (QED) is 0.911. The third-order valence-electron chi connectivity index (χ3n) is 3.20. The highest BCUT2D eigenvalue weighted by Gasteiger charge is 2.16. The van der Waals surface area contributed by atoms with Crippen molar-refractivity contribution in [1.29, 1.82) is 0 Å². The minimum Gasteiger partial charge on any atom is -0.486 e. The second-order valence-electron chi connectivity index (χ2n) is 4.84. The molecule has 2 aromatic rings. The summed E-state index contributed by atoms with van der Waals surface area (Å²) >= 11 is 6.18. The van der Waals surface area contributed by atoms with Gasteiger partial charge in [0.25, 0.3) is 0 Å². The molecular weight excluding hydrogens is 328 g/mol. The van der Waals surface area contributed by atoms with Crippen molar-refractivity contribution < 1.29 is 13.9 Å². The van der Waals surface area contributed by atoms with Crippen LogP contribution in [0.4, 0.5) is 4.39 Å². The number of benzene rings is 2. The fourth-order valence-electron chi connectivity index (χ4n) is 2.26. The van der Waals surface area contributed by atoms with Crippen LogP contribution in [0.25, 0.3) is 0 Å². The molecule has 0 aromatic heterocycles. The van der Waals surface area contributed by atoms with Crippen molar-refractivity contribution in [2.24, 2.45) is 0 Å². The topological polar surface area (TPSA) is 30.5 Å². The molecule has 0 radical (unpaired) electrons. The van der Waals surface area contributed by atoms with Crippen LogP contribution < -0.4 is 14.8 Å². The molecule has 0 aliphatic carbocycles. The molecule has 0 spiro atoms. The zero-order chi connectivity index (χ0) is 14.7. The van der Waals surface area contributed by atoms with Crippen LogP contribution in [0.1, 0.15) is 11.1 Å². The van der Waals surface area contributed by atoms with Gasteiger partial charge in [0.05, 0.1) is 5.02 Å². The van der Waals surface area contributed by atoms with Crippen LogP contribution in [0.2, 0.25) is 5.02 Å². The Morgan fingerprint density at radius 2 is 1.82 bits per heavy atom. The predicted molar refractivity (Wildman–Crippen MR) is 86.6 cm³/mol. The lowest BCUT2D eigenvalue weighted by atomic mass is 10.1. The highest BCUT2D eigenvalue weighted by Crippen LogP contribution is 2.38. The van der Waals surface area contributed by atoms with Gasteiger partial charge in [-0.05, 0) is 35.4 Å². The molecular formula is C16H16Cl2FNO2. The average Bonchev–Trinajstić information content (AvgIpc) is 2.47. The molecule has 0 atom stereocenters. The molecule has 0 fully saturated rings. The van der Waals surface area contributed by atoms with Gasteiger partial charge in [-0.2, -0.15) is 0 Å². The average molecular weight is 344 g/mol. The van der Waals surface area contributed by atoms with E-state index < -0.39 is 0 Å². The number of halogens is 3. The van der Waals surface area contributed by atoms with Crippen molar-refractivity contribution in [2.75, 3.05) is 13.2 Å². The van der Waals surface area contributed by atoms with E-state index in [0.29, 0.717) is 42.8 Å². The Bertz CT molecular complexity index is 652. The standard InChI is InChI=1S/C16H15ClFNO2.ClH/c17-14-7-12(8-15-16(14)21-5-4-20-15)10-19-9-11-2-1-3-13(18)6-11;/h1-3,6-8,19H,4-5,9-10H2;1H. The molecule has 0 unspecified atom stereocenters. The van der Waals surface area contributed by atoms with Gasteiger partial charge in [0.2, 0.25) is 0 Å². The van der Waals surface area contributed by atoms with Gasteiger partial charge in [0, 0.05) is 13.1 Å². The minimum atomic E-state index is -0.225. The van der Waals surface area contributed by atoms with Crippen LogP contribution in [0.3, 0.4) is 0 Å². The van der Waals surface area contributed by atoms with Gasteiger partial charge in [-0.3, -0.25) is 0 Å². The summed E-state index contributed by atoms with van der Waals surface area (Å²) in [7, 11) is 0. The first-order chi connectivity index (χ1) is 10.2. The van der Waals surface area contributed by atoms with Crippen molar-refractivity contribution >= 4 is 24.0 Å². The van der Waals surface area contributed by atoms with E-state index in [1.807, 2.05) is 18.2 Å². The first-order valence-electron chi connectivity index (χ1n) is 6.75. The summed E-state index contributed by atoms with van der Waals surface area (Å²) in [5.74, 6) is 1.06. The van der Waals surface area contributed by atoms with E-state index >= 15 is 0 Å². The highest BCUT2D eigenvalue weighted by molar-refractivity contribution is 6.32. The Morgan fingerprint density at radius 1 is 1.05 bits per heavy atom. The molecule has 3 rings (SSSR count). The van der Waals surface area contributed by atoms with Gasteiger partial charge in [-0.1, -0.05) is 23.7 Å². The predicted octanol–water partition coefficient (Wildman–Crippen LogP) is 3.96. The first-order valence-corrected chi connectivity index (χ1v) is 7.13. The van der Waals surface area contributed by atoms with E-state index in [9.17, 15) is 4.39 Å². The molecule has 0 amide bonds. The van der Waals surface area contributed by atoms with E-state index in [1.165, 1.54) is 12.1 Å². The van der Waals surface area contributed by atoms with Crippen LogP contribution in [0.15, 0.2) is 36.4 Å². The van der Waals surface area contributed by atoms with E-state index in [2.05, 4.69) is 5.32 Å². The van der Waals surface area contributed by atoms with Crippen molar-refractivity contribution in [1.82, 2.24) is 5.32 Å². The maximum absolute atomic E-state index is 13.1. The smallest absolute Gasteiger partial charge is 0.179 e. The van der Waals surface area contributed by atoms with E-state index in [0.717, 1.165) is 11.1 Å². The van der Waals surface area contributed by atoms with Gasteiger partial charge in [-0.15, -0.1) is 12.4 Å². The molecule has 118 valence electrons. The van der Waals surface area contributed by atoms with Crippen molar-refractivity contribution in [3.63, 3.8) is 0 Å². The van der Waals surface area contributed by atoms with Crippen LogP contribution in [0, 0.1) is 5.82 Å². The maximum Gasteiger partial charge on any atom is 0.179 e. The zero-order valence-electron chi connectivity index (χ0n) is 11.8. The number of nitrogens with one attached hydrogen (secondary N) is 1. The Labute approximate surface area is 139 Å². The van der Waals surface area contributed by atoms with Gasteiger partial charge in [0.15, 0.2) is 11.5 Å². The molecule has 3 nitrogen and oxygen atoms in total. The van der Waals surface area contributed by atoms with Gasteiger partial charge in [-0.25, -0.2) is 4.39 Å². The minimum absolute atomic E-state index is 0. The second-order valence-corrected chi connectivity index (χ2v) is 5.24. The molecule has 6 heteroatoms. The van der Waals surface area contributed by atoms with E-state index in [4.69, 9.17) is 21.1 Å². The van der Waals surface area contributed by atoms with Crippen LogP contribution >= 0.6 is 24.0 Å². The molecule has 1 aliphatic heterocycles. The summed E-state index contributed by atoms with van der Waals surface area (Å²) < 4.78 is 24.1. The molecule has 1 heterocycles. The third kappa shape index (κ3) is 4.03. The van der Waals surface area contributed by atoms with Crippen LogP contribution in [0.5, 0.6) is 11.5 Å². The summed E-state index contributed by atoms with van der Waals surface area (Å²) in [6.45, 7) is 2.25. The second kappa shape index (κ2) is 7.68. The lowest BCUT2D eigenvalue weighted by Crippen LogP contribution is -2.17. The molecule has 1 aliphatic rings. The lowest BCUT2D eigenvalue weighted by molar-refractivity contribution is 0.171. The molecule has 0 bridgehead atoms. The molecule has 2 aromatic carbocycles. The van der Waals surface area contributed by atoms with Crippen molar-refractivity contribution in [3.8, 4) is 11.5 Å². The summed E-state index contributed by atoms with van der Waals surface area (Å²) in [6.07, 6.45) is 0. The Balaban J connectivity index is 0.00000176.